The van der Waals surface area contributed by atoms with E-state index in [0.717, 1.165) is 18.9 Å². The molecule has 0 amide bonds. The molecule has 2 rings (SSSR count). The first-order valence-electron chi connectivity index (χ1n) is 9.55. The largest absolute Gasteiger partial charge is 0.465 e. The Morgan fingerprint density at radius 3 is 2.44 bits per heavy atom. The standard InChI is InChI=1S/C21H23F3N4O4/c1-13(27-31-4)17-9-5-7-15(25-17)8-6-12-32-28-14(2)19-16(20(29)30-3)10-11-18(26-19)21(22,23)24/h5,7,9-11H,6,8,12H2,1-4H3/b27-13+,28-14+. The van der Waals surface area contributed by atoms with Gasteiger partial charge in [-0.25, -0.2) is 9.78 Å². The summed E-state index contributed by atoms with van der Waals surface area (Å²) in [6, 6.07) is 7.23. The fourth-order valence-electron chi connectivity index (χ4n) is 2.68. The van der Waals surface area contributed by atoms with Crippen LogP contribution < -0.4 is 0 Å². The molecule has 0 atom stereocenters. The number of carbonyl (C=O) groups excluding carboxylic acids is 1. The molecule has 0 radical (unpaired) electrons. The number of aromatic nitrogens is 2. The Hall–Kier alpha value is -3.50. The van der Waals surface area contributed by atoms with E-state index in [2.05, 4.69) is 25.0 Å². The molecule has 2 aromatic rings. The van der Waals surface area contributed by atoms with Crippen molar-refractivity contribution in [1.29, 1.82) is 0 Å². The highest BCUT2D eigenvalue weighted by atomic mass is 19.4. The van der Waals surface area contributed by atoms with E-state index in [1.54, 1.807) is 6.92 Å². The smallest absolute Gasteiger partial charge is 0.433 e. The van der Waals surface area contributed by atoms with Crippen LogP contribution in [0.15, 0.2) is 40.6 Å². The van der Waals surface area contributed by atoms with Gasteiger partial charge < -0.3 is 14.4 Å². The molecule has 0 saturated heterocycles. The SMILES string of the molecule is CO/N=C(\C)c1cccc(CCCO/N=C(\C)c2nc(C(F)(F)F)ccc2C(=O)OC)n1. The first kappa shape index (κ1) is 24.8. The number of esters is 1. The Bertz CT molecular complexity index is 1010. The monoisotopic (exact) mass is 452 g/mol. The number of pyridine rings is 2. The molecule has 0 fully saturated rings. The minimum atomic E-state index is -4.67. The first-order valence-corrected chi connectivity index (χ1v) is 9.55. The molecule has 11 heteroatoms. The highest BCUT2D eigenvalue weighted by molar-refractivity contribution is 6.06. The molecule has 8 nitrogen and oxygen atoms in total. The summed E-state index contributed by atoms with van der Waals surface area (Å²) < 4.78 is 43.6. The third-order valence-electron chi connectivity index (χ3n) is 4.21. The number of carbonyl (C=O) groups is 1. The van der Waals surface area contributed by atoms with Crippen LogP contribution in [-0.2, 0) is 27.0 Å². The van der Waals surface area contributed by atoms with E-state index in [-0.39, 0.29) is 23.6 Å². The molecule has 2 heterocycles. The zero-order valence-corrected chi connectivity index (χ0v) is 18.1. The van der Waals surface area contributed by atoms with E-state index in [9.17, 15) is 18.0 Å². The van der Waals surface area contributed by atoms with Crippen molar-refractivity contribution in [3.05, 3.63) is 58.7 Å². The van der Waals surface area contributed by atoms with E-state index in [4.69, 9.17) is 9.68 Å². The van der Waals surface area contributed by atoms with Crippen LogP contribution in [0, 0.1) is 0 Å². The molecule has 0 aliphatic heterocycles. The Morgan fingerprint density at radius 2 is 1.78 bits per heavy atom. The Kier molecular flexibility index (Phi) is 8.68. The highest BCUT2D eigenvalue weighted by Crippen LogP contribution is 2.28. The normalized spacial score (nSPS) is 12.5. The maximum atomic E-state index is 13.0. The summed E-state index contributed by atoms with van der Waals surface area (Å²) in [5.74, 6) is -0.825. The van der Waals surface area contributed by atoms with Gasteiger partial charge >= 0.3 is 12.1 Å². The highest BCUT2D eigenvalue weighted by Gasteiger charge is 2.34. The molecule has 0 unspecified atom stereocenters. The molecule has 0 N–H and O–H groups in total. The van der Waals surface area contributed by atoms with Gasteiger partial charge in [0.25, 0.3) is 0 Å². The number of oxime groups is 2. The summed E-state index contributed by atoms with van der Waals surface area (Å²) in [4.78, 5) is 29.9. The average Bonchev–Trinajstić information content (AvgIpc) is 2.77. The maximum Gasteiger partial charge on any atom is 0.433 e. The van der Waals surface area contributed by atoms with Gasteiger partial charge in [0.15, 0.2) is 0 Å². The summed E-state index contributed by atoms with van der Waals surface area (Å²) in [6.07, 6.45) is -3.54. The predicted molar refractivity (Wildman–Crippen MR) is 111 cm³/mol. The van der Waals surface area contributed by atoms with Gasteiger partial charge in [0.1, 0.15) is 36.5 Å². The van der Waals surface area contributed by atoms with Crippen molar-refractivity contribution in [2.45, 2.75) is 32.9 Å². The second-order valence-corrected chi connectivity index (χ2v) is 6.57. The van der Waals surface area contributed by atoms with Gasteiger partial charge in [-0.2, -0.15) is 13.2 Å². The zero-order valence-electron chi connectivity index (χ0n) is 18.1. The van der Waals surface area contributed by atoms with Crippen LogP contribution in [0.4, 0.5) is 13.2 Å². The summed E-state index contributed by atoms with van der Waals surface area (Å²) in [5, 5.41) is 7.66. The molecule has 0 spiro atoms. The number of hydrogen-bond donors (Lipinski definition) is 0. The molecule has 0 saturated carbocycles. The molecular formula is C21H23F3N4O4. The number of alkyl halides is 3. The van der Waals surface area contributed by atoms with Crippen molar-refractivity contribution < 1.29 is 32.4 Å². The van der Waals surface area contributed by atoms with Crippen LogP contribution in [0.2, 0.25) is 0 Å². The lowest BCUT2D eigenvalue weighted by Gasteiger charge is -2.11. The van der Waals surface area contributed by atoms with Gasteiger partial charge in [0.2, 0.25) is 0 Å². The molecule has 172 valence electrons. The van der Waals surface area contributed by atoms with Crippen LogP contribution in [0.3, 0.4) is 0 Å². The second-order valence-electron chi connectivity index (χ2n) is 6.57. The van der Waals surface area contributed by atoms with E-state index >= 15 is 0 Å². The molecule has 32 heavy (non-hydrogen) atoms. The third kappa shape index (κ3) is 6.76. The van der Waals surface area contributed by atoms with Gasteiger partial charge in [-0.1, -0.05) is 16.4 Å². The van der Waals surface area contributed by atoms with Gasteiger partial charge in [-0.15, -0.1) is 0 Å². The van der Waals surface area contributed by atoms with Crippen molar-refractivity contribution in [2.75, 3.05) is 20.8 Å². The van der Waals surface area contributed by atoms with Crippen molar-refractivity contribution >= 4 is 17.4 Å². The molecule has 0 bridgehead atoms. The van der Waals surface area contributed by atoms with Crippen LogP contribution >= 0.6 is 0 Å². The van der Waals surface area contributed by atoms with Crippen molar-refractivity contribution in [2.24, 2.45) is 10.3 Å². The van der Waals surface area contributed by atoms with Crippen LogP contribution in [0.5, 0.6) is 0 Å². The minimum absolute atomic E-state index is 0.0167. The minimum Gasteiger partial charge on any atom is -0.465 e. The summed E-state index contributed by atoms with van der Waals surface area (Å²) in [6.45, 7) is 3.36. The zero-order chi connectivity index (χ0) is 23.7. The average molecular weight is 452 g/mol. The number of rotatable bonds is 9. The van der Waals surface area contributed by atoms with E-state index in [0.29, 0.717) is 30.3 Å². The number of nitrogens with zero attached hydrogens (tertiary/aromatic N) is 4. The number of hydrogen-bond acceptors (Lipinski definition) is 8. The fourth-order valence-corrected chi connectivity index (χ4v) is 2.68. The quantitative estimate of drug-likeness (QED) is 0.247. The number of methoxy groups -OCH3 is 1. The number of ether oxygens (including phenoxy) is 1. The molecule has 0 aromatic carbocycles. The van der Waals surface area contributed by atoms with Gasteiger partial charge in [-0.3, -0.25) is 4.98 Å². The number of aryl methyl sites for hydroxylation is 1. The topological polar surface area (TPSA) is 95.3 Å². The van der Waals surface area contributed by atoms with Crippen molar-refractivity contribution in [3.63, 3.8) is 0 Å². The summed E-state index contributed by atoms with van der Waals surface area (Å²) >= 11 is 0. The molecule has 0 aliphatic rings. The lowest BCUT2D eigenvalue weighted by molar-refractivity contribution is -0.141. The van der Waals surface area contributed by atoms with Crippen LogP contribution in [-0.4, -0.2) is 48.2 Å². The van der Waals surface area contributed by atoms with Crippen molar-refractivity contribution in [3.8, 4) is 0 Å². The maximum absolute atomic E-state index is 13.0. The fraction of sp³-hybridized carbons (Fsp3) is 0.381. The van der Waals surface area contributed by atoms with Crippen LogP contribution in [0.1, 0.15) is 53.4 Å². The van der Waals surface area contributed by atoms with Crippen molar-refractivity contribution in [1.82, 2.24) is 9.97 Å². The second kappa shape index (κ2) is 11.2. The molecule has 0 aliphatic carbocycles. The van der Waals surface area contributed by atoms with E-state index in [1.807, 2.05) is 18.2 Å². The summed E-state index contributed by atoms with van der Waals surface area (Å²) in [5.41, 5.74) is 0.611. The molecule has 2 aromatic heterocycles. The molecular weight excluding hydrogens is 429 g/mol. The lowest BCUT2D eigenvalue weighted by atomic mass is 10.1. The lowest BCUT2D eigenvalue weighted by Crippen LogP contribution is -2.17. The summed E-state index contributed by atoms with van der Waals surface area (Å²) in [7, 11) is 2.58. The Morgan fingerprint density at radius 1 is 1.03 bits per heavy atom. The third-order valence-corrected chi connectivity index (χ3v) is 4.21. The Balaban J connectivity index is 2.05. The van der Waals surface area contributed by atoms with E-state index < -0.39 is 17.8 Å². The number of halogens is 3. The Labute approximate surface area is 183 Å². The van der Waals surface area contributed by atoms with Gasteiger partial charge in [-0.05, 0) is 51.0 Å². The van der Waals surface area contributed by atoms with Crippen LogP contribution in [0.25, 0.3) is 0 Å². The predicted octanol–water partition coefficient (Wildman–Crippen LogP) is 4.03. The van der Waals surface area contributed by atoms with E-state index in [1.165, 1.54) is 14.0 Å². The first-order chi connectivity index (χ1) is 15.2. The van der Waals surface area contributed by atoms with Gasteiger partial charge in [0, 0.05) is 5.69 Å². The van der Waals surface area contributed by atoms with Gasteiger partial charge in [0.05, 0.1) is 18.4 Å².